The molecular weight excluding hydrogens is 226 g/mol. The summed E-state index contributed by atoms with van der Waals surface area (Å²) in [6.07, 6.45) is 2.27. The Morgan fingerprint density at radius 3 is 2.33 bits per heavy atom. The molecule has 2 rings (SSSR count). The van der Waals surface area contributed by atoms with Crippen LogP contribution in [0.2, 0.25) is 0 Å². The van der Waals surface area contributed by atoms with Crippen molar-refractivity contribution >= 4 is 6.03 Å². The molecule has 0 aromatic carbocycles. The molecule has 104 valence electrons. The largest absolute Gasteiger partial charge is 0.323 e. The number of carbonyl (C=O) groups excluding carboxylic acids is 1. The highest BCUT2D eigenvalue weighted by atomic mass is 16.2. The predicted octanol–water partition coefficient (Wildman–Crippen LogP) is 1.86. The Labute approximate surface area is 111 Å². The maximum absolute atomic E-state index is 12.3. The van der Waals surface area contributed by atoms with Gasteiger partial charge in [-0.15, -0.1) is 0 Å². The molecule has 18 heavy (non-hydrogen) atoms. The van der Waals surface area contributed by atoms with E-state index in [0.717, 1.165) is 39.0 Å². The predicted molar refractivity (Wildman–Crippen MR) is 73.6 cm³/mol. The number of amides is 2. The van der Waals surface area contributed by atoms with Crippen molar-refractivity contribution < 1.29 is 4.79 Å². The summed E-state index contributed by atoms with van der Waals surface area (Å²) in [5.74, 6) is 0.541. The first-order valence-corrected chi connectivity index (χ1v) is 7.30. The Bertz CT molecular complexity index is 297. The van der Waals surface area contributed by atoms with E-state index >= 15 is 0 Å². The van der Waals surface area contributed by atoms with Crippen LogP contribution in [0.4, 0.5) is 4.79 Å². The Kier molecular flexibility index (Phi) is 4.15. The zero-order chi connectivity index (χ0) is 13.3. The minimum atomic E-state index is 0.239. The second-order valence-corrected chi connectivity index (χ2v) is 6.02. The zero-order valence-corrected chi connectivity index (χ0v) is 12.2. The van der Waals surface area contributed by atoms with E-state index in [1.54, 1.807) is 0 Å². The summed E-state index contributed by atoms with van der Waals surface area (Å²) in [7, 11) is 1.95. The fraction of sp³-hybridized carbons (Fsp3) is 0.929. The van der Waals surface area contributed by atoms with Crippen LogP contribution in [0, 0.1) is 5.92 Å². The first-order valence-electron chi connectivity index (χ1n) is 7.30. The van der Waals surface area contributed by atoms with Gasteiger partial charge in [0.25, 0.3) is 0 Å². The standard InChI is InChI=1S/C14H27N3O/c1-5-16-8-6-12(7-9-16)17-10-13(11(2)3)15(4)14(17)18/h11-13H,5-10H2,1-4H3. The maximum atomic E-state index is 12.3. The van der Waals surface area contributed by atoms with Gasteiger partial charge in [-0.1, -0.05) is 20.8 Å². The van der Waals surface area contributed by atoms with Gasteiger partial charge in [0.2, 0.25) is 0 Å². The highest BCUT2D eigenvalue weighted by Crippen LogP contribution is 2.26. The third kappa shape index (κ3) is 2.48. The molecule has 0 radical (unpaired) electrons. The number of urea groups is 1. The van der Waals surface area contributed by atoms with Gasteiger partial charge in [-0.05, 0) is 25.3 Å². The van der Waals surface area contributed by atoms with Gasteiger partial charge in [-0.2, -0.15) is 0 Å². The van der Waals surface area contributed by atoms with Crippen molar-refractivity contribution in [3.8, 4) is 0 Å². The average Bonchev–Trinajstić information content (AvgIpc) is 2.67. The van der Waals surface area contributed by atoms with Crippen LogP contribution in [-0.4, -0.2) is 66.0 Å². The van der Waals surface area contributed by atoms with Crippen molar-refractivity contribution in [3.05, 3.63) is 0 Å². The van der Waals surface area contributed by atoms with Crippen LogP contribution in [0.5, 0.6) is 0 Å². The Hall–Kier alpha value is -0.770. The normalized spacial score (nSPS) is 27.6. The summed E-state index contributed by atoms with van der Waals surface area (Å²) < 4.78 is 0. The summed E-state index contributed by atoms with van der Waals surface area (Å²) in [6.45, 7) is 11.0. The molecule has 2 heterocycles. The summed E-state index contributed by atoms with van der Waals surface area (Å²) in [5, 5.41) is 0. The molecule has 4 heteroatoms. The summed E-state index contributed by atoms with van der Waals surface area (Å²) >= 11 is 0. The number of carbonyl (C=O) groups is 1. The highest BCUT2D eigenvalue weighted by Gasteiger charge is 2.40. The fourth-order valence-corrected chi connectivity index (χ4v) is 3.26. The molecule has 0 aromatic heterocycles. The summed E-state index contributed by atoms with van der Waals surface area (Å²) in [6, 6.07) is 1.09. The van der Waals surface area contributed by atoms with Gasteiger partial charge in [0.05, 0.1) is 6.04 Å². The molecule has 2 aliphatic heterocycles. The van der Waals surface area contributed by atoms with Crippen molar-refractivity contribution in [1.82, 2.24) is 14.7 Å². The van der Waals surface area contributed by atoms with Gasteiger partial charge in [0.15, 0.2) is 0 Å². The van der Waals surface area contributed by atoms with Gasteiger partial charge < -0.3 is 14.7 Å². The Balaban J connectivity index is 1.96. The second kappa shape index (κ2) is 5.47. The maximum Gasteiger partial charge on any atom is 0.320 e. The van der Waals surface area contributed by atoms with Gasteiger partial charge in [-0.3, -0.25) is 0 Å². The molecular formula is C14H27N3O. The number of hydrogen-bond donors (Lipinski definition) is 0. The molecule has 1 unspecified atom stereocenters. The molecule has 2 saturated heterocycles. The minimum Gasteiger partial charge on any atom is -0.323 e. The molecule has 2 amide bonds. The molecule has 2 fully saturated rings. The van der Waals surface area contributed by atoms with E-state index in [1.807, 2.05) is 11.9 Å². The van der Waals surface area contributed by atoms with E-state index in [9.17, 15) is 4.79 Å². The average molecular weight is 253 g/mol. The van der Waals surface area contributed by atoms with Crippen LogP contribution < -0.4 is 0 Å². The van der Waals surface area contributed by atoms with E-state index in [2.05, 4.69) is 30.6 Å². The number of hydrogen-bond acceptors (Lipinski definition) is 2. The molecule has 0 N–H and O–H groups in total. The monoisotopic (exact) mass is 253 g/mol. The fourth-order valence-electron chi connectivity index (χ4n) is 3.26. The molecule has 0 saturated carbocycles. The zero-order valence-electron chi connectivity index (χ0n) is 12.2. The summed E-state index contributed by atoms with van der Waals surface area (Å²) in [5.41, 5.74) is 0. The summed E-state index contributed by atoms with van der Waals surface area (Å²) in [4.78, 5) is 18.8. The van der Waals surface area contributed by atoms with Gasteiger partial charge >= 0.3 is 6.03 Å². The van der Waals surface area contributed by atoms with Crippen molar-refractivity contribution in [2.24, 2.45) is 5.92 Å². The van der Waals surface area contributed by atoms with Crippen molar-refractivity contribution in [3.63, 3.8) is 0 Å². The van der Waals surface area contributed by atoms with Crippen molar-refractivity contribution in [1.29, 1.82) is 0 Å². The van der Waals surface area contributed by atoms with E-state index in [4.69, 9.17) is 0 Å². The second-order valence-electron chi connectivity index (χ2n) is 6.02. The number of piperidine rings is 1. The van der Waals surface area contributed by atoms with Crippen LogP contribution in [0.25, 0.3) is 0 Å². The number of likely N-dealkylation sites (tertiary alicyclic amines) is 1. The minimum absolute atomic E-state index is 0.239. The smallest absolute Gasteiger partial charge is 0.320 e. The van der Waals surface area contributed by atoms with Gasteiger partial charge in [-0.25, -0.2) is 4.79 Å². The number of likely N-dealkylation sites (N-methyl/N-ethyl adjacent to an activating group) is 1. The van der Waals surface area contributed by atoms with Crippen LogP contribution in [0.1, 0.15) is 33.6 Å². The lowest BCUT2D eigenvalue weighted by atomic mass is 10.0. The molecule has 4 nitrogen and oxygen atoms in total. The third-order valence-corrected chi connectivity index (χ3v) is 4.64. The van der Waals surface area contributed by atoms with Gasteiger partial charge in [0.1, 0.15) is 0 Å². The Morgan fingerprint density at radius 1 is 1.28 bits per heavy atom. The SMILES string of the molecule is CCN1CCC(N2CC(C(C)C)N(C)C2=O)CC1. The molecule has 1 atom stereocenters. The van der Waals surface area contributed by atoms with E-state index in [1.165, 1.54) is 0 Å². The lowest BCUT2D eigenvalue weighted by Gasteiger charge is -2.35. The van der Waals surface area contributed by atoms with E-state index in [0.29, 0.717) is 18.0 Å². The third-order valence-electron chi connectivity index (χ3n) is 4.64. The van der Waals surface area contributed by atoms with Crippen molar-refractivity contribution in [2.75, 3.05) is 33.2 Å². The quantitative estimate of drug-likeness (QED) is 0.767. The van der Waals surface area contributed by atoms with Crippen LogP contribution in [-0.2, 0) is 0 Å². The van der Waals surface area contributed by atoms with Crippen LogP contribution in [0.3, 0.4) is 0 Å². The van der Waals surface area contributed by atoms with Crippen LogP contribution in [0.15, 0.2) is 0 Å². The molecule has 0 aromatic rings. The topological polar surface area (TPSA) is 26.8 Å². The lowest BCUT2D eigenvalue weighted by molar-refractivity contribution is 0.134. The number of rotatable bonds is 3. The molecule has 0 spiro atoms. The van der Waals surface area contributed by atoms with E-state index < -0.39 is 0 Å². The van der Waals surface area contributed by atoms with Gasteiger partial charge in [0, 0.05) is 32.7 Å². The highest BCUT2D eigenvalue weighted by molar-refractivity contribution is 5.77. The van der Waals surface area contributed by atoms with Crippen molar-refractivity contribution in [2.45, 2.75) is 45.7 Å². The number of nitrogens with zero attached hydrogens (tertiary/aromatic N) is 3. The Morgan fingerprint density at radius 2 is 1.89 bits per heavy atom. The molecule has 0 bridgehead atoms. The first-order chi connectivity index (χ1) is 8.54. The van der Waals surface area contributed by atoms with E-state index in [-0.39, 0.29) is 6.03 Å². The van der Waals surface area contributed by atoms with Crippen LogP contribution >= 0.6 is 0 Å². The molecule has 2 aliphatic rings. The lowest BCUT2D eigenvalue weighted by Crippen LogP contribution is -2.46. The molecule has 0 aliphatic carbocycles. The first kappa shape index (κ1) is 13.7.